The van der Waals surface area contributed by atoms with Gasteiger partial charge in [0.1, 0.15) is 0 Å². The van der Waals surface area contributed by atoms with Crippen LogP contribution in [0.3, 0.4) is 0 Å². The molecular formula is C15H17NS. The Balaban J connectivity index is 2.20. The van der Waals surface area contributed by atoms with Crippen LogP contribution in [-0.2, 0) is 6.42 Å². The summed E-state index contributed by atoms with van der Waals surface area (Å²) in [6, 6.07) is 19.1. The molecule has 0 bridgehead atoms. The first-order valence-electron chi connectivity index (χ1n) is 5.82. The van der Waals surface area contributed by atoms with Crippen LogP contribution in [0.25, 0.3) is 0 Å². The van der Waals surface area contributed by atoms with Crippen molar-refractivity contribution in [3.8, 4) is 0 Å². The first-order chi connectivity index (χ1) is 8.25. The minimum absolute atomic E-state index is 0.201. The molecule has 0 radical (unpaired) electrons. The summed E-state index contributed by atoms with van der Waals surface area (Å²) in [5, 5.41) is 0. The zero-order chi connectivity index (χ0) is 12.1. The molecule has 0 heterocycles. The molecule has 2 N–H and O–H groups in total. The monoisotopic (exact) mass is 243 g/mol. The predicted molar refractivity (Wildman–Crippen MR) is 74.4 cm³/mol. The minimum Gasteiger partial charge on any atom is -0.328 e. The minimum atomic E-state index is 0.201. The summed E-state index contributed by atoms with van der Waals surface area (Å²) < 4.78 is 0. The van der Waals surface area contributed by atoms with Crippen molar-refractivity contribution in [3.05, 3.63) is 60.2 Å². The second-order valence-electron chi connectivity index (χ2n) is 4.20. The maximum atomic E-state index is 5.88. The summed E-state index contributed by atoms with van der Waals surface area (Å²) in [5.41, 5.74) is 7.21. The van der Waals surface area contributed by atoms with Crippen molar-refractivity contribution in [1.82, 2.24) is 0 Å². The van der Waals surface area contributed by atoms with Gasteiger partial charge in [0.05, 0.1) is 0 Å². The second-order valence-corrected chi connectivity index (χ2v) is 5.32. The number of rotatable bonds is 4. The lowest BCUT2D eigenvalue weighted by molar-refractivity contribution is 0.729. The Bertz CT molecular complexity index is 465. The van der Waals surface area contributed by atoms with Crippen molar-refractivity contribution in [3.63, 3.8) is 0 Å². The summed E-state index contributed by atoms with van der Waals surface area (Å²) in [5.74, 6) is 0. The molecule has 1 atom stereocenters. The predicted octanol–water partition coefficient (Wildman–Crippen LogP) is 3.73. The van der Waals surface area contributed by atoms with E-state index in [1.54, 1.807) is 11.8 Å². The van der Waals surface area contributed by atoms with Gasteiger partial charge in [0.25, 0.3) is 0 Å². The number of benzene rings is 2. The van der Waals surface area contributed by atoms with Crippen LogP contribution in [0.1, 0.15) is 12.5 Å². The van der Waals surface area contributed by atoms with E-state index >= 15 is 0 Å². The summed E-state index contributed by atoms with van der Waals surface area (Å²) in [6.07, 6.45) is 0.927. The van der Waals surface area contributed by atoms with Crippen molar-refractivity contribution in [1.29, 1.82) is 0 Å². The zero-order valence-corrected chi connectivity index (χ0v) is 10.8. The molecular weight excluding hydrogens is 226 g/mol. The topological polar surface area (TPSA) is 26.0 Å². The first-order valence-corrected chi connectivity index (χ1v) is 6.64. The molecule has 0 aromatic heterocycles. The summed E-state index contributed by atoms with van der Waals surface area (Å²) in [4.78, 5) is 2.57. The molecule has 0 aliphatic rings. The lowest BCUT2D eigenvalue weighted by Gasteiger charge is -2.11. The van der Waals surface area contributed by atoms with Gasteiger partial charge in [-0.3, -0.25) is 0 Å². The molecule has 2 heteroatoms. The summed E-state index contributed by atoms with van der Waals surface area (Å²) in [7, 11) is 0. The number of hydrogen-bond acceptors (Lipinski definition) is 2. The van der Waals surface area contributed by atoms with Crippen molar-refractivity contribution in [2.45, 2.75) is 29.2 Å². The zero-order valence-electron chi connectivity index (χ0n) is 9.97. The highest BCUT2D eigenvalue weighted by molar-refractivity contribution is 7.99. The molecule has 0 saturated heterocycles. The molecule has 0 aliphatic carbocycles. The van der Waals surface area contributed by atoms with Gasteiger partial charge in [-0.1, -0.05) is 48.2 Å². The normalized spacial score (nSPS) is 12.4. The number of nitrogens with two attached hydrogens (primary N) is 1. The highest BCUT2D eigenvalue weighted by Crippen LogP contribution is 2.30. The van der Waals surface area contributed by atoms with E-state index in [0.29, 0.717) is 0 Å². The molecule has 2 aromatic carbocycles. The van der Waals surface area contributed by atoms with Gasteiger partial charge >= 0.3 is 0 Å². The van der Waals surface area contributed by atoms with E-state index in [2.05, 4.69) is 48.5 Å². The third-order valence-corrected chi connectivity index (χ3v) is 3.61. The molecule has 0 saturated carbocycles. The molecule has 1 nitrogen and oxygen atoms in total. The van der Waals surface area contributed by atoms with Crippen LogP contribution in [0, 0.1) is 0 Å². The molecule has 0 amide bonds. The van der Waals surface area contributed by atoms with E-state index in [-0.39, 0.29) is 6.04 Å². The molecule has 2 aromatic rings. The highest BCUT2D eigenvalue weighted by atomic mass is 32.2. The quantitative estimate of drug-likeness (QED) is 0.885. The van der Waals surface area contributed by atoms with Crippen LogP contribution in [-0.4, -0.2) is 6.04 Å². The highest BCUT2D eigenvalue weighted by Gasteiger charge is 2.05. The van der Waals surface area contributed by atoms with Gasteiger partial charge in [0.2, 0.25) is 0 Å². The maximum absolute atomic E-state index is 5.88. The van der Waals surface area contributed by atoms with Crippen LogP contribution >= 0.6 is 11.8 Å². The molecule has 0 fully saturated rings. The van der Waals surface area contributed by atoms with Gasteiger partial charge in [-0.15, -0.1) is 0 Å². The lowest BCUT2D eigenvalue weighted by atomic mass is 10.1. The van der Waals surface area contributed by atoms with Crippen LogP contribution in [0.4, 0.5) is 0 Å². The first kappa shape index (κ1) is 12.2. The van der Waals surface area contributed by atoms with Gasteiger partial charge in [0.15, 0.2) is 0 Å². The van der Waals surface area contributed by atoms with E-state index in [1.165, 1.54) is 15.4 Å². The Labute approximate surface area is 107 Å². The van der Waals surface area contributed by atoms with Crippen molar-refractivity contribution in [2.24, 2.45) is 5.73 Å². The molecule has 0 unspecified atom stereocenters. The Morgan fingerprint density at radius 2 is 1.65 bits per heavy atom. The van der Waals surface area contributed by atoms with E-state index < -0.39 is 0 Å². The Kier molecular flexibility index (Phi) is 4.24. The fourth-order valence-electron chi connectivity index (χ4n) is 1.73. The molecule has 2 rings (SSSR count). The van der Waals surface area contributed by atoms with Crippen molar-refractivity contribution >= 4 is 11.8 Å². The van der Waals surface area contributed by atoms with E-state index in [4.69, 9.17) is 5.73 Å². The maximum Gasteiger partial charge on any atom is 0.0154 e. The Hall–Kier alpha value is -1.25. The van der Waals surface area contributed by atoms with Gasteiger partial charge in [-0.25, -0.2) is 0 Å². The average Bonchev–Trinajstić information content (AvgIpc) is 2.32. The second kappa shape index (κ2) is 5.89. The largest absolute Gasteiger partial charge is 0.328 e. The van der Waals surface area contributed by atoms with Crippen LogP contribution < -0.4 is 5.73 Å². The molecule has 0 aliphatic heterocycles. The van der Waals surface area contributed by atoms with Gasteiger partial charge in [0, 0.05) is 15.8 Å². The van der Waals surface area contributed by atoms with Crippen molar-refractivity contribution in [2.75, 3.05) is 0 Å². The fourth-order valence-corrected chi connectivity index (χ4v) is 2.71. The van der Waals surface area contributed by atoms with Crippen LogP contribution in [0.5, 0.6) is 0 Å². The summed E-state index contributed by atoms with van der Waals surface area (Å²) >= 11 is 1.80. The number of hydrogen-bond donors (Lipinski definition) is 1. The smallest absolute Gasteiger partial charge is 0.0154 e. The molecule has 0 spiro atoms. The average molecular weight is 243 g/mol. The third-order valence-electron chi connectivity index (χ3n) is 2.49. The lowest BCUT2D eigenvalue weighted by Crippen LogP contribution is -2.18. The third kappa shape index (κ3) is 3.62. The summed E-state index contributed by atoms with van der Waals surface area (Å²) in [6.45, 7) is 2.05. The molecule has 17 heavy (non-hydrogen) atoms. The van der Waals surface area contributed by atoms with Crippen LogP contribution in [0.2, 0.25) is 0 Å². The standard InChI is InChI=1S/C15H17NS/c1-12(16)11-13-7-5-6-10-15(13)17-14-8-3-2-4-9-14/h2-10,12H,11,16H2,1H3/t12-/m1/s1. The Morgan fingerprint density at radius 1 is 1.00 bits per heavy atom. The fraction of sp³-hybridized carbons (Fsp3) is 0.200. The van der Waals surface area contributed by atoms with E-state index in [1.807, 2.05) is 13.0 Å². The van der Waals surface area contributed by atoms with Gasteiger partial charge in [-0.2, -0.15) is 0 Å². The van der Waals surface area contributed by atoms with Crippen molar-refractivity contribution < 1.29 is 0 Å². The van der Waals surface area contributed by atoms with E-state index in [9.17, 15) is 0 Å². The SMILES string of the molecule is C[C@@H](N)Cc1ccccc1Sc1ccccc1. The Morgan fingerprint density at radius 3 is 2.35 bits per heavy atom. The van der Waals surface area contributed by atoms with Gasteiger partial charge < -0.3 is 5.73 Å². The van der Waals surface area contributed by atoms with E-state index in [0.717, 1.165) is 6.42 Å². The van der Waals surface area contributed by atoms with Gasteiger partial charge in [-0.05, 0) is 37.1 Å². The van der Waals surface area contributed by atoms with Crippen LogP contribution in [0.15, 0.2) is 64.4 Å². The molecule has 88 valence electrons.